The van der Waals surface area contributed by atoms with Crippen LogP contribution >= 0.6 is 34.2 Å². The number of carbonyl (C=O) groups excluding carboxylic acids is 2. The van der Waals surface area contributed by atoms with Gasteiger partial charge in [-0.2, -0.15) is 0 Å². The Morgan fingerprint density at radius 3 is 2.95 bits per heavy atom. The highest BCUT2D eigenvalue weighted by Gasteiger charge is 2.30. The third-order valence-corrected chi connectivity index (χ3v) is 4.66. The number of hydrogen-bond acceptors (Lipinski definition) is 3. The number of piperidine rings is 1. The van der Waals surface area contributed by atoms with E-state index in [2.05, 4.69) is 22.6 Å². The molecule has 114 valence electrons. The lowest BCUT2D eigenvalue weighted by atomic mass is 9.97. The molecule has 1 aliphatic heterocycles. The summed E-state index contributed by atoms with van der Waals surface area (Å²) in [6.07, 6.45) is 1.58. The van der Waals surface area contributed by atoms with Crippen LogP contribution in [0.2, 0.25) is 5.02 Å². The van der Waals surface area contributed by atoms with Gasteiger partial charge in [0.1, 0.15) is 0 Å². The van der Waals surface area contributed by atoms with Crippen molar-refractivity contribution in [2.24, 2.45) is 5.92 Å². The molecule has 0 unspecified atom stereocenters. The van der Waals surface area contributed by atoms with Crippen molar-refractivity contribution in [1.29, 1.82) is 0 Å². The van der Waals surface area contributed by atoms with Gasteiger partial charge in [0.2, 0.25) is 0 Å². The molecule has 1 fully saturated rings. The maximum atomic E-state index is 12.6. The van der Waals surface area contributed by atoms with Gasteiger partial charge in [-0.1, -0.05) is 11.6 Å². The number of likely N-dealkylation sites (tertiary alicyclic amines) is 1. The first kappa shape index (κ1) is 16.5. The van der Waals surface area contributed by atoms with Gasteiger partial charge in [-0.25, -0.2) is 0 Å². The summed E-state index contributed by atoms with van der Waals surface area (Å²) < 4.78 is 5.92. The van der Waals surface area contributed by atoms with Crippen LogP contribution in [0.15, 0.2) is 18.2 Å². The number of carbonyl (C=O) groups is 2. The lowest BCUT2D eigenvalue weighted by Crippen LogP contribution is -2.43. The molecular formula is C15H17ClINO3. The number of nitrogens with zero attached hydrogens (tertiary/aromatic N) is 1. The first-order valence-electron chi connectivity index (χ1n) is 6.94. The molecule has 1 aliphatic rings. The molecule has 1 aromatic carbocycles. The zero-order chi connectivity index (χ0) is 15.4. The Balaban J connectivity index is 2.12. The first-order valence-corrected chi connectivity index (χ1v) is 8.39. The van der Waals surface area contributed by atoms with Crippen molar-refractivity contribution in [2.45, 2.75) is 19.8 Å². The van der Waals surface area contributed by atoms with Crippen LogP contribution < -0.4 is 0 Å². The fourth-order valence-corrected chi connectivity index (χ4v) is 3.18. The largest absolute Gasteiger partial charge is 0.466 e. The maximum absolute atomic E-state index is 12.6. The van der Waals surface area contributed by atoms with Gasteiger partial charge in [-0.15, -0.1) is 0 Å². The third kappa shape index (κ3) is 4.10. The number of halogens is 2. The molecule has 1 heterocycles. The van der Waals surface area contributed by atoms with E-state index in [9.17, 15) is 9.59 Å². The predicted octanol–water partition coefficient (Wildman–Crippen LogP) is 3.36. The van der Waals surface area contributed by atoms with E-state index in [-0.39, 0.29) is 17.8 Å². The Kier molecular flexibility index (Phi) is 5.87. The fraction of sp³-hybridized carbons (Fsp3) is 0.467. The van der Waals surface area contributed by atoms with Gasteiger partial charge in [0, 0.05) is 21.7 Å². The zero-order valence-corrected chi connectivity index (χ0v) is 14.7. The van der Waals surface area contributed by atoms with Crippen LogP contribution in [0.25, 0.3) is 0 Å². The van der Waals surface area contributed by atoms with Crippen molar-refractivity contribution in [2.75, 3.05) is 19.7 Å². The molecule has 6 heteroatoms. The summed E-state index contributed by atoms with van der Waals surface area (Å²) in [7, 11) is 0. The van der Waals surface area contributed by atoms with Crippen molar-refractivity contribution in [3.05, 3.63) is 32.4 Å². The second kappa shape index (κ2) is 7.45. The Morgan fingerprint density at radius 1 is 1.48 bits per heavy atom. The van der Waals surface area contributed by atoms with E-state index in [4.69, 9.17) is 16.3 Å². The van der Waals surface area contributed by atoms with E-state index in [1.54, 1.807) is 24.0 Å². The minimum atomic E-state index is -0.223. The Morgan fingerprint density at radius 2 is 2.24 bits per heavy atom. The van der Waals surface area contributed by atoms with Crippen LogP contribution in [-0.4, -0.2) is 36.5 Å². The Bertz CT molecular complexity index is 550. The van der Waals surface area contributed by atoms with Crippen LogP contribution in [0, 0.1) is 9.49 Å². The molecule has 0 aromatic heterocycles. The van der Waals surface area contributed by atoms with Crippen molar-refractivity contribution >= 4 is 46.1 Å². The highest BCUT2D eigenvalue weighted by atomic mass is 127. The average molecular weight is 422 g/mol. The molecule has 1 aromatic rings. The summed E-state index contributed by atoms with van der Waals surface area (Å²) in [6.45, 7) is 3.24. The van der Waals surface area contributed by atoms with E-state index >= 15 is 0 Å². The maximum Gasteiger partial charge on any atom is 0.310 e. The van der Waals surface area contributed by atoms with Gasteiger partial charge < -0.3 is 9.64 Å². The van der Waals surface area contributed by atoms with Crippen molar-refractivity contribution in [3.8, 4) is 0 Å². The summed E-state index contributed by atoms with van der Waals surface area (Å²) in [4.78, 5) is 26.2. The molecule has 1 amide bonds. The number of rotatable bonds is 3. The van der Waals surface area contributed by atoms with Crippen molar-refractivity contribution < 1.29 is 14.3 Å². The summed E-state index contributed by atoms with van der Waals surface area (Å²) in [5.41, 5.74) is 0.590. The second-order valence-electron chi connectivity index (χ2n) is 4.97. The van der Waals surface area contributed by atoms with E-state index in [0.717, 1.165) is 16.4 Å². The van der Waals surface area contributed by atoms with E-state index in [0.29, 0.717) is 30.3 Å². The van der Waals surface area contributed by atoms with Gasteiger partial charge in [0.05, 0.1) is 18.1 Å². The fourth-order valence-electron chi connectivity index (χ4n) is 2.45. The molecule has 4 nitrogen and oxygen atoms in total. The van der Waals surface area contributed by atoms with Gasteiger partial charge in [0.25, 0.3) is 5.91 Å². The molecule has 0 spiro atoms. The Labute approximate surface area is 142 Å². The molecule has 0 N–H and O–H groups in total. The van der Waals surface area contributed by atoms with Crippen molar-refractivity contribution in [1.82, 2.24) is 4.90 Å². The molecule has 1 atom stereocenters. The normalized spacial score (nSPS) is 18.4. The van der Waals surface area contributed by atoms with Crippen LogP contribution in [0.3, 0.4) is 0 Å². The van der Waals surface area contributed by atoms with Crippen LogP contribution in [0.1, 0.15) is 30.1 Å². The lowest BCUT2D eigenvalue weighted by Gasteiger charge is -2.31. The highest BCUT2D eigenvalue weighted by Crippen LogP contribution is 2.23. The molecule has 21 heavy (non-hydrogen) atoms. The molecular weight excluding hydrogens is 405 g/mol. The standard InChI is InChI=1S/C15H17ClINO3/c1-2-21-15(20)10-4-3-7-18(9-10)14(19)12-8-11(16)5-6-13(12)17/h5-6,8,10H,2-4,7,9H2,1H3/t10-/m1/s1. The summed E-state index contributed by atoms with van der Waals surface area (Å²) in [5.74, 6) is -0.508. The minimum Gasteiger partial charge on any atom is -0.466 e. The zero-order valence-electron chi connectivity index (χ0n) is 11.8. The number of ether oxygens (including phenoxy) is 1. The smallest absolute Gasteiger partial charge is 0.310 e. The highest BCUT2D eigenvalue weighted by molar-refractivity contribution is 14.1. The van der Waals surface area contributed by atoms with E-state index < -0.39 is 0 Å². The quantitative estimate of drug-likeness (QED) is 0.555. The monoisotopic (exact) mass is 421 g/mol. The SMILES string of the molecule is CCOC(=O)[C@@H]1CCCN(C(=O)c2cc(Cl)ccc2I)C1. The summed E-state index contributed by atoms with van der Waals surface area (Å²) in [6, 6.07) is 5.26. The molecule has 0 saturated carbocycles. The van der Waals surface area contributed by atoms with E-state index in [1.807, 2.05) is 6.07 Å². The summed E-state index contributed by atoms with van der Waals surface area (Å²) in [5, 5.41) is 0.540. The molecule has 1 saturated heterocycles. The third-order valence-electron chi connectivity index (χ3n) is 3.49. The lowest BCUT2D eigenvalue weighted by molar-refractivity contribution is -0.149. The number of esters is 1. The minimum absolute atomic E-state index is 0.0732. The molecule has 0 aliphatic carbocycles. The summed E-state index contributed by atoms with van der Waals surface area (Å²) >= 11 is 8.09. The number of benzene rings is 1. The van der Waals surface area contributed by atoms with Gasteiger partial charge in [-0.3, -0.25) is 9.59 Å². The van der Waals surface area contributed by atoms with Crippen LogP contribution in [0.5, 0.6) is 0 Å². The number of amides is 1. The van der Waals surface area contributed by atoms with Gasteiger partial charge in [-0.05, 0) is 60.6 Å². The second-order valence-corrected chi connectivity index (χ2v) is 6.57. The van der Waals surface area contributed by atoms with Gasteiger partial charge >= 0.3 is 5.97 Å². The topological polar surface area (TPSA) is 46.6 Å². The first-order chi connectivity index (χ1) is 10.0. The average Bonchev–Trinajstić information content (AvgIpc) is 2.49. The van der Waals surface area contributed by atoms with E-state index in [1.165, 1.54) is 0 Å². The van der Waals surface area contributed by atoms with Crippen molar-refractivity contribution in [3.63, 3.8) is 0 Å². The number of hydrogen-bond donors (Lipinski definition) is 0. The molecule has 0 radical (unpaired) electrons. The Hall–Kier alpha value is -0.820. The van der Waals surface area contributed by atoms with Gasteiger partial charge in [0.15, 0.2) is 0 Å². The van der Waals surface area contributed by atoms with Crippen LogP contribution in [0.4, 0.5) is 0 Å². The molecule has 0 bridgehead atoms. The predicted molar refractivity (Wildman–Crippen MR) is 89.4 cm³/mol. The van der Waals surface area contributed by atoms with Crippen LogP contribution in [-0.2, 0) is 9.53 Å². The molecule has 2 rings (SSSR count).